The highest BCUT2D eigenvalue weighted by molar-refractivity contribution is 9.18. The zero-order chi connectivity index (χ0) is 8.43. The standard InChI is InChI=1S/C7H3BrCl2O/c8-7(11)4-1-2-5(9)6(10)3-4/h1-3H. The smallest absolute Gasteiger partial charge is 0.228 e. The summed E-state index contributed by atoms with van der Waals surface area (Å²) in [6, 6.07) is 4.70. The molecule has 0 aromatic heterocycles. The molecule has 1 aromatic carbocycles. The second-order valence-electron chi connectivity index (χ2n) is 1.90. The molecule has 0 aliphatic rings. The maximum Gasteiger partial charge on any atom is 0.228 e. The van der Waals surface area contributed by atoms with E-state index in [0.29, 0.717) is 15.6 Å². The summed E-state index contributed by atoms with van der Waals surface area (Å²) in [6.45, 7) is 0. The molecule has 1 rings (SSSR count). The number of carbonyl (C=O) groups excluding carboxylic acids is 1. The topological polar surface area (TPSA) is 17.1 Å². The van der Waals surface area contributed by atoms with Crippen molar-refractivity contribution >= 4 is 43.8 Å². The Morgan fingerprint density at radius 2 is 1.91 bits per heavy atom. The molecule has 58 valence electrons. The van der Waals surface area contributed by atoms with E-state index in [4.69, 9.17) is 23.2 Å². The van der Waals surface area contributed by atoms with E-state index < -0.39 is 0 Å². The zero-order valence-electron chi connectivity index (χ0n) is 5.27. The average Bonchev–Trinajstić information content (AvgIpc) is 1.94. The number of hydrogen-bond donors (Lipinski definition) is 0. The van der Waals surface area contributed by atoms with Gasteiger partial charge in [0.05, 0.1) is 10.0 Å². The number of carbonyl (C=O) groups is 1. The van der Waals surface area contributed by atoms with Gasteiger partial charge in [-0.05, 0) is 34.1 Å². The largest absolute Gasteiger partial charge is 0.281 e. The Hall–Kier alpha value is -0.0500. The van der Waals surface area contributed by atoms with E-state index in [1.165, 1.54) is 6.07 Å². The first-order chi connectivity index (χ1) is 5.11. The molecule has 0 heterocycles. The van der Waals surface area contributed by atoms with Gasteiger partial charge in [-0.3, -0.25) is 4.79 Å². The van der Waals surface area contributed by atoms with E-state index >= 15 is 0 Å². The van der Waals surface area contributed by atoms with Crippen LogP contribution in [-0.4, -0.2) is 4.69 Å². The van der Waals surface area contributed by atoms with Gasteiger partial charge in [-0.15, -0.1) is 0 Å². The third-order valence-electron chi connectivity index (χ3n) is 1.15. The summed E-state index contributed by atoms with van der Waals surface area (Å²) in [7, 11) is 0. The van der Waals surface area contributed by atoms with Crippen molar-refractivity contribution in [3.05, 3.63) is 33.8 Å². The summed E-state index contributed by atoms with van der Waals surface area (Å²) >= 11 is 14.1. The normalized spacial score (nSPS) is 9.73. The molecule has 4 heteroatoms. The van der Waals surface area contributed by atoms with Gasteiger partial charge in [-0.25, -0.2) is 0 Å². The van der Waals surface area contributed by atoms with Gasteiger partial charge in [0.15, 0.2) is 0 Å². The molecular formula is C7H3BrCl2O. The van der Waals surface area contributed by atoms with Crippen molar-refractivity contribution in [3.63, 3.8) is 0 Å². The van der Waals surface area contributed by atoms with Gasteiger partial charge in [0.1, 0.15) is 0 Å². The fourth-order valence-electron chi connectivity index (χ4n) is 0.618. The van der Waals surface area contributed by atoms with E-state index in [0.717, 1.165) is 0 Å². The van der Waals surface area contributed by atoms with Crippen LogP contribution < -0.4 is 0 Å². The summed E-state index contributed by atoms with van der Waals surface area (Å²) < 4.78 is -0.198. The molecule has 11 heavy (non-hydrogen) atoms. The molecule has 0 aliphatic heterocycles. The molecule has 1 aromatic rings. The first-order valence-electron chi connectivity index (χ1n) is 2.76. The summed E-state index contributed by atoms with van der Waals surface area (Å²) in [5.41, 5.74) is 0.499. The lowest BCUT2D eigenvalue weighted by molar-refractivity contribution is 0.109. The Labute approximate surface area is 82.4 Å². The summed E-state index contributed by atoms with van der Waals surface area (Å²) in [6.07, 6.45) is 0. The second kappa shape index (κ2) is 3.57. The summed E-state index contributed by atoms with van der Waals surface area (Å²) in [5, 5.41) is 0.834. The van der Waals surface area contributed by atoms with Gasteiger partial charge in [0.25, 0.3) is 0 Å². The second-order valence-corrected chi connectivity index (χ2v) is 3.44. The number of hydrogen-bond acceptors (Lipinski definition) is 1. The minimum Gasteiger partial charge on any atom is -0.281 e. The lowest BCUT2D eigenvalue weighted by Crippen LogP contribution is -1.86. The third kappa shape index (κ3) is 2.19. The van der Waals surface area contributed by atoms with Gasteiger partial charge in [0, 0.05) is 5.56 Å². The fraction of sp³-hybridized carbons (Fsp3) is 0. The Morgan fingerprint density at radius 1 is 1.27 bits per heavy atom. The van der Waals surface area contributed by atoms with E-state index in [9.17, 15) is 4.79 Å². The van der Waals surface area contributed by atoms with E-state index in [2.05, 4.69) is 15.9 Å². The molecule has 0 saturated carbocycles. The van der Waals surface area contributed by atoms with Crippen LogP contribution in [0.1, 0.15) is 10.4 Å². The predicted octanol–water partition coefficient (Wildman–Crippen LogP) is 3.53. The van der Waals surface area contributed by atoms with E-state index in [1.54, 1.807) is 12.1 Å². The monoisotopic (exact) mass is 252 g/mol. The zero-order valence-corrected chi connectivity index (χ0v) is 8.37. The van der Waals surface area contributed by atoms with Gasteiger partial charge < -0.3 is 0 Å². The minimum atomic E-state index is -0.198. The van der Waals surface area contributed by atoms with Gasteiger partial charge in [-0.2, -0.15) is 0 Å². The summed E-state index contributed by atoms with van der Waals surface area (Å²) in [5.74, 6) is 0. The molecule has 1 nitrogen and oxygen atoms in total. The van der Waals surface area contributed by atoms with Crippen LogP contribution >= 0.6 is 39.1 Å². The van der Waals surface area contributed by atoms with Crippen molar-refractivity contribution in [2.24, 2.45) is 0 Å². The number of benzene rings is 1. The van der Waals surface area contributed by atoms with E-state index in [1.807, 2.05) is 0 Å². The van der Waals surface area contributed by atoms with Crippen LogP contribution in [0.4, 0.5) is 0 Å². The molecule has 0 bridgehead atoms. The number of rotatable bonds is 1. The van der Waals surface area contributed by atoms with Crippen molar-refractivity contribution in [1.29, 1.82) is 0 Å². The minimum absolute atomic E-state index is 0.198. The van der Waals surface area contributed by atoms with Gasteiger partial charge in [0.2, 0.25) is 4.69 Å². The van der Waals surface area contributed by atoms with Crippen molar-refractivity contribution in [2.75, 3.05) is 0 Å². The Bertz CT molecular complexity index is 298. The highest BCUT2D eigenvalue weighted by Gasteiger charge is 2.03. The first kappa shape index (κ1) is 9.04. The fourth-order valence-corrected chi connectivity index (χ4v) is 1.16. The van der Waals surface area contributed by atoms with Crippen LogP contribution in [0.3, 0.4) is 0 Å². The molecule has 0 N–H and O–H groups in total. The highest BCUT2D eigenvalue weighted by Crippen LogP contribution is 2.23. The predicted molar refractivity (Wildman–Crippen MR) is 49.7 cm³/mol. The third-order valence-corrected chi connectivity index (χ3v) is 2.34. The van der Waals surface area contributed by atoms with Crippen molar-refractivity contribution < 1.29 is 4.79 Å². The van der Waals surface area contributed by atoms with Crippen LogP contribution in [0.25, 0.3) is 0 Å². The van der Waals surface area contributed by atoms with Crippen LogP contribution in [0, 0.1) is 0 Å². The molecular weight excluding hydrogens is 251 g/mol. The molecule has 0 unspecified atom stereocenters. The number of halogens is 3. The van der Waals surface area contributed by atoms with Crippen LogP contribution in [0.15, 0.2) is 18.2 Å². The SMILES string of the molecule is O=C(Br)c1ccc(Cl)c(Cl)c1. The van der Waals surface area contributed by atoms with E-state index in [-0.39, 0.29) is 4.69 Å². The van der Waals surface area contributed by atoms with Gasteiger partial charge in [-0.1, -0.05) is 23.2 Å². The quantitative estimate of drug-likeness (QED) is 0.700. The molecule has 0 spiro atoms. The average molecular weight is 254 g/mol. The molecule has 0 radical (unpaired) electrons. The Balaban J connectivity index is 3.15. The van der Waals surface area contributed by atoms with Gasteiger partial charge >= 0.3 is 0 Å². The lowest BCUT2D eigenvalue weighted by Gasteiger charge is -1.96. The summed E-state index contributed by atoms with van der Waals surface area (Å²) in [4.78, 5) is 10.7. The highest BCUT2D eigenvalue weighted by atomic mass is 79.9. The van der Waals surface area contributed by atoms with Crippen molar-refractivity contribution in [3.8, 4) is 0 Å². The molecule has 0 amide bonds. The van der Waals surface area contributed by atoms with Crippen molar-refractivity contribution in [1.82, 2.24) is 0 Å². The maximum absolute atomic E-state index is 10.7. The van der Waals surface area contributed by atoms with Crippen molar-refractivity contribution in [2.45, 2.75) is 0 Å². The van der Waals surface area contributed by atoms with Crippen LogP contribution in [0.5, 0.6) is 0 Å². The Kier molecular flexibility index (Phi) is 2.93. The maximum atomic E-state index is 10.7. The Morgan fingerprint density at radius 3 is 2.36 bits per heavy atom. The molecule has 0 saturated heterocycles. The lowest BCUT2D eigenvalue weighted by atomic mass is 10.2. The van der Waals surface area contributed by atoms with Crippen LogP contribution in [-0.2, 0) is 0 Å². The molecule has 0 atom stereocenters. The molecule has 0 fully saturated rings. The first-order valence-corrected chi connectivity index (χ1v) is 4.31. The molecule has 0 aliphatic carbocycles. The van der Waals surface area contributed by atoms with Crippen LogP contribution in [0.2, 0.25) is 10.0 Å².